The Labute approximate surface area is 62.5 Å². The van der Waals surface area contributed by atoms with Gasteiger partial charge < -0.3 is 10.4 Å². The van der Waals surface area contributed by atoms with E-state index < -0.39 is 11.8 Å². The molecule has 0 spiro atoms. The number of hydrazine groups is 1. The molecule has 0 radical (unpaired) electrons. The fourth-order valence-corrected chi connectivity index (χ4v) is 0.322. The van der Waals surface area contributed by atoms with Crippen molar-refractivity contribution in [3.8, 4) is 0 Å². The van der Waals surface area contributed by atoms with Gasteiger partial charge in [0.25, 0.3) is 11.8 Å². The van der Waals surface area contributed by atoms with Gasteiger partial charge in [-0.05, 0) is 0 Å². The molecule has 0 aliphatic rings. The summed E-state index contributed by atoms with van der Waals surface area (Å²) in [5.41, 5.74) is 1.83. The summed E-state index contributed by atoms with van der Waals surface area (Å²) in [6, 6.07) is 0. The van der Waals surface area contributed by atoms with Crippen molar-refractivity contribution in [2.24, 2.45) is 5.84 Å². The molecular formula is C4H8N5O2+. The van der Waals surface area contributed by atoms with Gasteiger partial charge in [-0.1, -0.05) is 0 Å². The topological polar surface area (TPSA) is 116 Å². The highest BCUT2D eigenvalue weighted by molar-refractivity contribution is 5.77. The zero-order chi connectivity index (χ0) is 8.69. The van der Waals surface area contributed by atoms with E-state index in [1.165, 1.54) is 0 Å². The predicted molar refractivity (Wildman–Crippen MR) is 36.1 cm³/mol. The molecule has 0 aromatic heterocycles. The van der Waals surface area contributed by atoms with Gasteiger partial charge in [0.1, 0.15) is 0 Å². The van der Waals surface area contributed by atoms with Crippen LogP contribution in [-0.2, 0) is 4.79 Å². The summed E-state index contributed by atoms with van der Waals surface area (Å²) in [5.74, 6) is 3.80. The molecular weight excluding hydrogens is 150 g/mol. The lowest BCUT2D eigenvalue weighted by Crippen LogP contribution is -2.37. The number of carbonyl (C=O) groups excluding carboxylic acids is 1. The van der Waals surface area contributed by atoms with E-state index in [-0.39, 0.29) is 6.54 Å². The minimum atomic E-state index is -0.497. The first kappa shape index (κ1) is 9.19. The van der Waals surface area contributed by atoms with Crippen molar-refractivity contribution >= 4 is 5.91 Å². The molecule has 7 heteroatoms. The number of rotatable bonds is 3. The van der Waals surface area contributed by atoms with E-state index in [4.69, 9.17) is 16.3 Å². The number of amides is 1. The van der Waals surface area contributed by atoms with Gasteiger partial charge in [0.2, 0.25) is 5.39 Å². The summed E-state index contributed by atoms with van der Waals surface area (Å²) in [6.07, 6.45) is 0.740. The average molecular weight is 158 g/mol. The Morgan fingerprint density at radius 3 is 2.91 bits per heavy atom. The molecule has 0 bridgehead atoms. The lowest BCUT2D eigenvalue weighted by Gasteiger charge is -1.98. The number of aliphatic hydroxyl groups excluding tert-OH is 1. The Balaban J connectivity index is 3.64. The van der Waals surface area contributed by atoms with Crippen molar-refractivity contribution in [1.29, 1.82) is 5.39 Å². The van der Waals surface area contributed by atoms with E-state index in [0.717, 1.165) is 6.20 Å². The molecule has 0 aliphatic heterocycles. The Morgan fingerprint density at radius 1 is 1.82 bits per heavy atom. The second kappa shape index (κ2) is 5.01. The third-order valence-electron chi connectivity index (χ3n) is 0.771. The van der Waals surface area contributed by atoms with E-state index in [1.54, 1.807) is 0 Å². The minimum absolute atomic E-state index is 0.186. The molecule has 60 valence electrons. The van der Waals surface area contributed by atoms with E-state index in [9.17, 15) is 4.79 Å². The molecule has 0 unspecified atom stereocenters. The van der Waals surface area contributed by atoms with Gasteiger partial charge in [0.05, 0.1) is 6.54 Å². The largest absolute Gasteiger partial charge is 0.490 e. The number of carbonyl (C=O) groups is 1. The third kappa shape index (κ3) is 4.68. The Morgan fingerprint density at radius 2 is 2.45 bits per heavy atom. The molecule has 0 aromatic carbocycles. The van der Waals surface area contributed by atoms with Crippen LogP contribution in [0.25, 0.3) is 4.98 Å². The highest BCUT2D eigenvalue weighted by Gasteiger charge is 2.01. The quantitative estimate of drug-likeness (QED) is 0.135. The number of nitrogens with two attached hydrogens (primary N) is 1. The molecule has 0 saturated carbocycles. The third-order valence-corrected chi connectivity index (χ3v) is 0.771. The van der Waals surface area contributed by atoms with Crippen LogP contribution in [0.1, 0.15) is 0 Å². The Bertz CT molecular complexity index is 205. The van der Waals surface area contributed by atoms with Crippen molar-refractivity contribution in [3.63, 3.8) is 0 Å². The van der Waals surface area contributed by atoms with Gasteiger partial charge in [0, 0.05) is 0 Å². The van der Waals surface area contributed by atoms with E-state index in [2.05, 4.69) is 10.3 Å². The second-order valence-corrected chi connectivity index (χ2v) is 1.55. The maximum absolute atomic E-state index is 10.4. The summed E-state index contributed by atoms with van der Waals surface area (Å²) in [6.45, 7) is -0.186. The van der Waals surface area contributed by atoms with E-state index in [1.807, 2.05) is 5.43 Å². The number of nitrogens with one attached hydrogen (secondary N) is 2. The number of nitrogens with zero attached hydrogens (tertiary/aromatic N) is 2. The summed E-state index contributed by atoms with van der Waals surface area (Å²) in [4.78, 5) is 12.9. The zero-order valence-corrected chi connectivity index (χ0v) is 5.61. The molecule has 1 amide bonds. The minimum Gasteiger partial charge on any atom is -0.490 e. The molecule has 0 fully saturated rings. The van der Waals surface area contributed by atoms with Gasteiger partial charge in [-0.3, -0.25) is 10.2 Å². The second-order valence-electron chi connectivity index (χ2n) is 1.55. The highest BCUT2D eigenvalue weighted by atomic mass is 16.3. The van der Waals surface area contributed by atoms with Crippen LogP contribution >= 0.6 is 0 Å². The van der Waals surface area contributed by atoms with Crippen LogP contribution in [-0.4, -0.2) is 17.6 Å². The number of hydrogen-bond acceptors (Lipinski definition) is 5. The van der Waals surface area contributed by atoms with Crippen LogP contribution in [0.2, 0.25) is 0 Å². The molecule has 0 heterocycles. The van der Waals surface area contributed by atoms with Crippen LogP contribution in [0.5, 0.6) is 0 Å². The fourth-order valence-electron chi connectivity index (χ4n) is 0.322. The molecule has 0 aromatic rings. The molecule has 0 aliphatic carbocycles. The standard InChI is InChI=1S/C4H7N5O2/c5-8-2-3(10)7-1-4(11)9-6/h2,5-7,10H,1H2/p+1/b3-2-. The first-order valence-corrected chi connectivity index (χ1v) is 2.67. The van der Waals surface area contributed by atoms with Crippen LogP contribution in [0.3, 0.4) is 0 Å². The van der Waals surface area contributed by atoms with Crippen LogP contribution in [0, 0.1) is 5.39 Å². The highest BCUT2D eigenvalue weighted by Crippen LogP contribution is 1.80. The van der Waals surface area contributed by atoms with Gasteiger partial charge in [-0.15, -0.1) is 0 Å². The summed E-state index contributed by atoms with van der Waals surface area (Å²) in [5, 5.41) is 18.8. The summed E-state index contributed by atoms with van der Waals surface area (Å²) < 4.78 is 0. The van der Waals surface area contributed by atoms with Crippen molar-refractivity contribution < 1.29 is 9.90 Å². The molecule has 0 atom stereocenters. The predicted octanol–water partition coefficient (Wildman–Crippen LogP) is -1.22. The molecule has 0 rings (SSSR count). The maximum atomic E-state index is 10.4. The average Bonchev–Trinajstić information content (AvgIpc) is 2.01. The molecule has 7 nitrogen and oxygen atoms in total. The van der Waals surface area contributed by atoms with Gasteiger partial charge in [-0.2, -0.15) is 0 Å². The molecule has 0 saturated heterocycles. The molecule has 11 heavy (non-hydrogen) atoms. The van der Waals surface area contributed by atoms with Gasteiger partial charge in [0.15, 0.2) is 4.98 Å². The monoisotopic (exact) mass is 158 g/mol. The Kier molecular flexibility index (Phi) is 4.19. The van der Waals surface area contributed by atoms with Crippen molar-refractivity contribution in [2.45, 2.75) is 0 Å². The Hall–Kier alpha value is -1.81. The number of hydrogen-bond donors (Lipinski definition) is 4. The SMILES string of the molecule is N#[N+]/C=C(\O)NCC(=O)NN. The van der Waals surface area contributed by atoms with E-state index >= 15 is 0 Å². The van der Waals surface area contributed by atoms with Crippen molar-refractivity contribution in [3.05, 3.63) is 17.1 Å². The van der Waals surface area contributed by atoms with Crippen molar-refractivity contribution in [1.82, 2.24) is 10.7 Å². The van der Waals surface area contributed by atoms with Crippen LogP contribution < -0.4 is 16.6 Å². The maximum Gasteiger partial charge on any atom is 0.409 e. The molecule has 5 N–H and O–H groups in total. The van der Waals surface area contributed by atoms with Crippen LogP contribution in [0.4, 0.5) is 0 Å². The van der Waals surface area contributed by atoms with Gasteiger partial charge >= 0.3 is 6.20 Å². The number of aliphatic hydroxyl groups is 1. The van der Waals surface area contributed by atoms with Crippen molar-refractivity contribution in [2.75, 3.05) is 6.54 Å². The zero-order valence-electron chi connectivity index (χ0n) is 5.61. The first-order valence-electron chi connectivity index (χ1n) is 2.67. The first-order chi connectivity index (χ1) is 5.20. The smallest absolute Gasteiger partial charge is 0.409 e. The van der Waals surface area contributed by atoms with E-state index in [0.29, 0.717) is 0 Å². The van der Waals surface area contributed by atoms with Crippen LogP contribution in [0.15, 0.2) is 12.1 Å². The summed E-state index contributed by atoms with van der Waals surface area (Å²) in [7, 11) is 0. The lowest BCUT2D eigenvalue weighted by atomic mass is 10.6. The summed E-state index contributed by atoms with van der Waals surface area (Å²) >= 11 is 0. The van der Waals surface area contributed by atoms with Gasteiger partial charge in [-0.25, -0.2) is 5.84 Å². The lowest BCUT2D eigenvalue weighted by molar-refractivity contribution is -0.120. The number of diazo groups is 1. The fraction of sp³-hybridized carbons (Fsp3) is 0.250. The normalized spacial score (nSPS) is 10.0.